The largest absolute Gasteiger partial charge is 0.462 e. The Hall–Kier alpha value is -2.07. The van der Waals surface area contributed by atoms with Crippen LogP contribution in [0.3, 0.4) is 0 Å². The van der Waals surface area contributed by atoms with Gasteiger partial charge in [0.1, 0.15) is 12.3 Å². The van der Waals surface area contributed by atoms with Crippen LogP contribution >= 0.6 is 7.14 Å². The molecule has 2 aromatic carbocycles. The smallest absolute Gasteiger partial charge is 0.417 e. The molecule has 0 N–H and O–H groups in total. The first-order valence-electron chi connectivity index (χ1n) is 11.0. The van der Waals surface area contributed by atoms with Gasteiger partial charge in [-0.2, -0.15) is 13.2 Å². The van der Waals surface area contributed by atoms with Gasteiger partial charge in [0.05, 0.1) is 5.56 Å². The van der Waals surface area contributed by atoms with Gasteiger partial charge in [-0.25, -0.2) is 0 Å². The van der Waals surface area contributed by atoms with Crippen LogP contribution < -0.4 is 10.6 Å². The zero-order valence-electron chi connectivity index (χ0n) is 18.6. The number of carbonyl (C=O) groups is 1. The Morgan fingerprint density at radius 2 is 1.69 bits per heavy atom. The van der Waals surface area contributed by atoms with Gasteiger partial charge in [0, 0.05) is 10.6 Å². The fourth-order valence-corrected chi connectivity index (χ4v) is 7.29. The Morgan fingerprint density at radius 1 is 1.06 bits per heavy atom. The Labute approximate surface area is 187 Å². The van der Waals surface area contributed by atoms with E-state index in [4.69, 9.17) is 4.74 Å². The summed E-state index contributed by atoms with van der Waals surface area (Å²) in [6.45, 7) is 6.26. The van der Waals surface area contributed by atoms with Gasteiger partial charge in [-0.1, -0.05) is 75.7 Å². The van der Waals surface area contributed by atoms with Crippen molar-refractivity contribution in [3.8, 4) is 0 Å². The molecule has 174 valence electrons. The van der Waals surface area contributed by atoms with Crippen molar-refractivity contribution >= 4 is 23.7 Å². The van der Waals surface area contributed by atoms with Crippen molar-refractivity contribution in [2.75, 3.05) is 6.16 Å². The van der Waals surface area contributed by atoms with Crippen molar-refractivity contribution in [1.82, 2.24) is 0 Å². The highest BCUT2D eigenvalue weighted by Gasteiger charge is 2.42. The number of halogens is 3. The van der Waals surface area contributed by atoms with E-state index < -0.39 is 31.0 Å². The Kier molecular flexibility index (Phi) is 7.54. The zero-order chi connectivity index (χ0) is 23.5. The standard InChI is InChI=1S/C25H30F3O3P/c1-17(2)20-14-13-18(3)15-22(20)31-24(29)16-32(30,19-9-5-4-6-10-19)23-12-8-7-11-21(23)25(26,27)28/h4-12,17-18,20,22H,13-16H2,1-3H3/t18-,20+,22-,32+/m1/s1. The van der Waals surface area contributed by atoms with E-state index in [1.807, 2.05) is 0 Å². The fourth-order valence-electron chi connectivity index (χ4n) is 4.65. The van der Waals surface area contributed by atoms with Crippen LogP contribution in [0.4, 0.5) is 13.2 Å². The van der Waals surface area contributed by atoms with Crippen molar-refractivity contribution in [1.29, 1.82) is 0 Å². The summed E-state index contributed by atoms with van der Waals surface area (Å²) < 4.78 is 61.3. The molecule has 7 heteroatoms. The predicted molar refractivity (Wildman–Crippen MR) is 121 cm³/mol. The van der Waals surface area contributed by atoms with Gasteiger partial charge in [0.25, 0.3) is 0 Å². The summed E-state index contributed by atoms with van der Waals surface area (Å²) in [7, 11) is -3.94. The number of ether oxygens (including phenoxy) is 1. The summed E-state index contributed by atoms with van der Waals surface area (Å²) in [6, 6.07) is 12.7. The normalized spacial score (nSPS) is 23.5. The molecule has 32 heavy (non-hydrogen) atoms. The monoisotopic (exact) mass is 466 g/mol. The minimum absolute atomic E-state index is 0.189. The number of carbonyl (C=O) groups excluding carboxylic acids is 1. The highest BCUT2D eigenvalue weighted by Crippen LogP contribution is 2.47. The number of alkyl halides is 3. The minimum atomic E-state index is -4.69. The summed E-state index contributed by atoms with van der Waals surface area (Å²) in [5.74, 6) is 0.189. The summed E-state index contributed by atoms with van der Waals surface area (Å²) in [5, 5.41) is -0.140. The van der Waals surface area contributed by atoms with E-state index >= 15 is 0 Å². The maximum absolute atomic E-state index is 14.2. The second-order valence-electron chi connectivity index (χ2n) is 9.10. The van der Waals surface area contributed by atoms with Gasteiger partial charge in [0.15, 0.2) is 7.14 Å². The van der Waals surface area contributed by atoms with E-state index in [0.29, 0.717) is 18.3 Å². The second kappa shape index (κ2) is 9.82. The lowest BCUT2D eigenvalue weighted by atomic mass is 9.75. The molecule has 0 aliphatic heterocycles. The van der Waals surface area contributed by atoms with Crippen molar-refractivity contribution in [3.05, 3.63) is 60.2 Å². The van der Waals surface area contributed by atoms with E-state index in [1.165, 1.54) is 30.3 Å². The minimum Gasteiger partial charge on any atom is -0.462 e. The molecule has 0 aromatic heterocycles. The van der Waals surface area contributed by atoms with Gasteiger partial charge in [-0.3, -0.25) is 4.79 Å². The van der Waals surface area contributed by atoms with Gasteiger partial charge >= 0.3 is 12.1 Å². The maximum atomic E-state index is 14.2. The number of benzene rings is 2. The Bertz CT molecular complexity index is 972. The Balaban J connectivity index is 1.97. The molecule has 0 radical (unpaired) electrons. The average Bonchev–Trinajstić information content (AvgIpc) is 2.73. The molecule has 3 rings (SSSR count). The Morgan fingerprint density at radius 3 is 2.31 bits per heavy atom. The van der Waals surface area contributed by atoms with Crippen molar-refractivity contribution < 1.29 is 27.3 Å². The van der Waals surface area contributed by atoms with Gasteiger partial charge in [0.2, 0.25) is 0 Å². The third-order valence-electron chi connectivity index (χ3n) is 6.37. The van der Waals surface area contributed by atoms with Gasteiger partial charge < -0.3 is 9.30 Å². The topological polar surface area (TPSA) is 43.4 Å². The molecular formula is C25H30F3O3P. The lowest BCUT2D eigenvalue weighted by Gasteiger charge is -2.37. The third-order valence-corrected chi connectivity index (χ3v) is 9.37. The lowest BCUT2D eigenvalue weighted by Crippen LogP contribution is -2.37. The number of esters is 1. The molecule has 0 unspecified atom stereocenters. The van der Waals surface area contributed by atoms with Crippen LogP contribution in [-0.2, 0) is 20.3 Å². The van der Waals surface area contributed by atoms with Crippen LogP contribution in [-0.4, -0.2) is 18.2 Å². The third kappa shape index (κ3) is 5.46. The molecule has 0 spiro atoms. The van der Waals surface area contributed by atoms with E-state index in [1.54, 1.807) is 18.2 Å². The number of hydrogen-bond donors (Lipinski definition) is 0. The first-order valence-corrected chi connectivity index (χ1v) is 12.9. The van der Waals surface area contributed by atoms with Crippen LogP contribution in [0.5, 0.6) is 0 Å². The highest BCUT2D eigenvalue weighted by molar-refractivity contribution is 7.79. The van der Waals surface area contributed by atoms with E-state index in [0.717, 1.165) is 18.9 Å². The molecule has 1 saturated carbocycles. The quantitative estimate of drug-likeness (QED) is 0.386. The zero-order valence-corrected chi connectivity index (χ0v) is 19.5. The fraction of sp³-hybridized carbons (Fsp3) is 0.480. The van der Waals surface area contributed by atoms with E-state index in [9.17, 15) is 22.5 Å². The second-order valence-corrected chi connectivity index (χ2v) is 11.9. The molecule has 1 fully saturated rings. The molecule has 2 aromatic rings. The highest BCUT2D eigenvalue weighted by atomic mass is 31.2. The molecular weight excluding hydrogens is 436 g/mol. The van der Waals surface area contributed by atoms with Crippen LogP contribution in [0, 0.1) is 17.8 Å². The van der Waals surface area contributed by atoms with E-state index in [2.05, 4.69) is 20.8 Å². The summed E-state index contributed by atoms with van der Waals surface area (Å²) >= 11 is 0. The molecule has 0 saturated heterocycles. The molecule has 4 atom stereocenters. The summed E-state index contributed by atoms with van der Waals surface area (Å²) in [4.78, 5) is 13.0. The first kappa shape index (κ1) is 24.6. The van der Waals surface area contributed by atoms with Crippen LogP contribution in [0.2, 0.25) is 0 Å². The number of rotatable bonds is 6. The maximum Gasteiger partial charge on any atom is 0.417 e. The van der Waals surface area contributed by atoms with E-state index in [-0.39, 0.29) is 22.6 Å². The molecule has 0 heterocycles. The van der Waals surface area contributed by atoms with Crippen LogP contribution in [0.25, 0.3) is 0 Å². The predicted octanol–water partition coefficient (Wildman–Crippen LogP) is 6.02. The van der Waals surface area contributed by atoms with Crippen molar-refractivity contribution in [2.45, 2.75) is 52.3 Å². The summed E-state index contributed by atoms with van der Waals surface area (Å²) in [5.41, 5.74) is -0.980. The molecule has 0 amide bonds. The lowest BCUT2D eigenvalue weighted by molar-refractivity contribution is -0.152. The van der Waals surface area contributed by atoms with Crippen molar-refractivity contribution in [2.24, 2.45) is 17.8 Å². The van der Waals surface area contributed by atoms with Gasteiger partial charge in [-0.05, 0) is 36.7 Å². The molecule has 1 aliphatic carbocycles. The van der Waals surface area contributed by atoms with Crippen molar-refractivity contribution in [3.63, 3.8) is 0 Å². The average molecular weight is 466 g/mol. The first-order chi connectivity index (χ1) is 15.0. The molecule has 0 bridgehead atoms. The van der Waals surface area contributed by atoms with Gasteiger partial charge in [-0.15, -0.1) is 0 Å². The molecule has 1 aliphatic rings. The molecule has 3 nitrogen and oxygen atoms in total. The van der Waals surface area contributed by atoms with Crippen LogP contribution in [0.15, 0.2) is 54.6 Å². The SMILES string of the molecule is CC(C)[C@@H]1CC[C@@H](C)C[C@H]1OC(=O)C[P@](=O)(c1ccccc1)c1ccccc1C(F)(F)F. The number of hydrogen-bond acceptors (Lipinski definition) is 3. The summed E-state index contributed by atoms with van der Waals surface area (Å²) in [6.07, 6.45) is -2.90. The van der Waals surface area contributed by atoms with Crippen LogP contribution in [0.1, 0.15) is 45.6 Å².